The molecule has 2 saturated heterocycles. The number of aromatic nitrogens is 1. The molecule has 190 valence electrons. The number of carbonyl (C=O) groups excluding carboxylic acids is 2. The van der Waals surface area contributed by atoms with E-state index in [1.807, 2.05) is 6.92 Å². The molecule has 4 heterocycles. The summed E-state index contributed by atoms with van der Waals surface area (Å²) in [5.41, 5.74) is 0.434. The number of rotatable bonds is 8. The molecule has 3 aliphatic heterocycles. The molecule has 2 amide bonds. The minimum atomic E-state index is -3.84. The molecule has 12 nitrogen and oxygen atoms in total. The molecule has 0 bridgehead atoms. The standard InChI is InChI=1S/C21H27N5O7S2/c1-9-16-15(10(2)27)20(29)26(16)17(21(30)31)18(9)34-12-5-14(24-7-12)19(28)25-6-11-3-4-13(8-23-11)35(22,32)33/h3-4,8-10,12,14-16,24,27H,5-7H2,1-2H3,(H,25,28)(H,30,31)(H2,22,32,33)/t9-,10-,12+,14+,15-,16-/m1/s1. The summed E-state index contributed by atoms with van der Waals surface area (Å²) in [4.78, 5) is 42.8. The lowest BCUT2D eigenvalue weighted by atomic mass is 9.79. The van der Waals surface area contributed by atoms with Gasteiger partial charge in [0.1, 0.15) is 10.6 Å². The summed E-state index contributed by atoms with van der Waals surface area (Å²) in [7, 11) is -3.84. The van der Waals surface area contributed by atoms with Gasteiger partial charge in [-0.2, -0.15) is 0 Å². The van der Waals surface area contributed by atoms with Crippen molar-refractivity contribution in [2.75, 3.05) is 6.54 Å². The molecule has 35 heavy (non-hydrogen) atoms. The second-order valence-corrected chi connectivity index (χ2v) is 11.9. The molecule has 0 aliphatic carbocycles. The van der Waals surface area contributed by atoms with Crippen molar-refractivity contribution in [2.24, 2.45) is 17.0 Å². The molecule has 0 unspecified atom stereocenters. The van der Waals surface area contributed by atoms with Crippen molar-refractivity contribution in [2.45, 2.75) is 55.1 Å². The van der Waals surface area contributed by atoms with Crippen molar-refractivity contribution in [3.63, 3.8) is 0 Å². The zero-order valence-corrected chi connectivity index (χ0v) is 20.7. The number of hydrogen-bond donors (Lipinski definition) is 5. The highest BCUT2D eigenvalue weighted by molar-refractivity contribution is 8.03. The van der Waals surface area contributed by atoms with E-state index in [2.05, 4.69) is 15.6 Å². The van der Waals surface area contributed by atoms with Crippen LogP contribution in [-0.4, -0.2) is 76.3 Å². The van der Waals surface area contributed by atoms with Gasteiger partial charge < -0.3 is 25.7 Å². The van der Waals surface area contributed by atoms with Crippen LogP contribution in [0.2, 0.25) is 0 Å². The molecule has 0 spiro atoms. The number of amides is 2. The number of β-lactam (4-membered cyclic amide) rings is 1. The van der Waals surface area contributed by atoms with Crippen LogP contribution in [0.15, 0.2) is 33.8 Å². The first-order valence-electron chi connectivity index (χ1n) is 11.0. The molecule has 14 heteroatoms. The smallest absolute Gasteiger partial charge is 0.353 e. The maximum absolute atomic E-state index is 12.6. The molecule has 6 atom stereocenters. The first kappa shape index (κ1) is 25.6. The number of carboxylic acids is 1. The average molecular weight is 526 g/mol. The van der Waals surface area contributed by atoms with Gasteiger partial charge in [0.25, 0.3) is 0 Å². The van der Waals surface area contributed by atoms with Crippen LogP contribution in [0.1, 0.15) is 26.0 Å². The highest BCUT2D eigenvalue weighted by Gasteiger charge is 2.60. The lowest BCUT2D eigenvalue weighted by molar-refractivity contribution is -0.163. The molecule has 3 aliphatic rings. The van der Waals surface area contributed by atoms with Gasteiger partial charge in [-0.15, -0.1) is 11.8 Å². The van der Waals surface area contributed by atoms with E-state index >= 15 is 0 Å². The van der Waals surface area contributed by atoms with E-state index in [1.165, 1.54) is 35.7 Å². The van der Waals surface area contributed by atoms with Crippen LogP contribution in [0.5, 0.6) is 0 Å². The molecule has 1 aromatic rings. The molecule has 1 aromatic heterocycles. The number of nitrogens with two attached hydrogens (primary N) is 1. The topological polar surface area (TPSA) is 192 Å². The Balaban J connectivity index is 1.36. The van der Waals surface area contributed by atoms with Gasteiger partial charge in [-0.05, 0) is 25.5 Å². The summed E-state index contributed by atoms with van der Waals surface area (Å²) >= 11 is 1.36. The number of nitrogens with one attached hydrogen (secondary N) is 2. The summed E-state index contributed by atoms with van der Waals surface area (Å²) in [6.45, 7) is 3.97. The van der Waals surface area contributed by atoms with Gasteiger partial charge >= 0.3 is 5.97 Å². The summed E-state index contributed by atoms with van der Waals surface area (Å²) in [5.74, 6) is -2.67. The summed E-state index contributed by atoms with van der Waals surface area (Å²) in [6, 6.07) is 1.91. The van der Waals surface area contributed by atoms with Gasteiger partial charge in [0.05, 0.1) is 36.3 Å². The number of fused-ring (bicyclic) bond motifs is 1. The van der Waals surface area contributed by atoms with Crippen LogP contribution in [0.3, 0.4) is 0 Å². The maximum Gasteiger partial charge on any atom is 0.353 e. The number of pyridine rings is 1. The third-order valence-electron chi connectivity index (χ3n) is 6.58. The normalized spacial score (nSPS) is 29.1. The Morgan fingerprint density at radius 2 is 2.11 bits per heavy atom. The Morgan fingerprint density at radius 1 is 1.40 bits per heavy atom. The van der Waals surface area contributed by atoms with Crippen molar-refractivity contribution >= 4 is 39.6 Å². The van der Waals surface area contributed by atoms with Crippen molar-refractivity contribution in [1.82, 2.24) is 20.5 Å². The molecular formula is C21H27N5O7S2. The van der Waals surface area contributed by atoms with Gasteiger partial charge in [0.15, 0.2) is 0 Å². The molecule has 2 fully saturated rings. The predicted molar refractivity (Wildman–Crippen MR) is 125 cm³/mol. The Labute approximate surface area is 206 Å². The Kier molecular flexibility index (Phi) is 6.94. The third-order valence-corrected chi connectivity index (χ3v) is 8.99. The number of carboxylic acid groups (broad SMARTS) is 1. The maximum atomic E-state index is 12.6. The molecule has 0 aromatic carbocycles. The quantitative estimate of drug-likeness (QED) is 0.262. The lowest BCUT2D eigenvalue weighted by Gasteiger charge is -2.46. The third kappa shape index (κ3) is 4.80. The summed E-state index contributed by atoms with van der Waals surface area (Å²) in [6.07, 6.45) is 0.719. The Bertz CT molecular complexity index is 1180. The fourth-order valence-electron chi connectivity index (χ4n) is 4.84. The van der Waals surface area contributed by atoms with Crippen molar-refractivity contribution < 1.29 is 33.0 Å². The Morgan fingerprint density at radius 3 is 2.69 bits per heavy atom. The van der Waals surface area contributed by atoms with E-state index in [-0.39, 0.29) is 46.2 Å². The minimum absolute atomic E-state index is 0.0312. The lowest BCUT2D eigenvalue weighted by Crippen LogP contribution is -2.63. The van der Waals surface area contributed by atoms with Gasteiger partial charge in [-0.1, -0.05) is 6.92 Å². The van der Waals surface area contributed by atoms with E-state index < -0.39 is 34.1 Å². The zero-order chi connectivity index (χ0) is 25.7. The number of aliphatic hydroxyl groups excluding tert-OH is 1. The SMILES string of the molecule is C[C@@H](O)[C@H]1C(=O)N2C(C(=O)O)=C(S[C@@H]3CN[C@H](C(=O)NCc4ccc(S(N)(=O)=O)cn4)C3)[C@H](C)[C@H]12. The van der Waals surface area contributed by atoms with Crippen molar-refractivity contribution in [3.05, 3.63) is 34.6 Å². The molecule has 0 saturated carbocycles. The second kappa shape index (κ2) is 9.50. The molecule has 6 N–H and O–H groups in total. The molecule has 0 radical (unpaired) electrons. The monoisotopic (exact) mass is 525 g/mol. The van der Waals surface area contributed by atoms with Crippen molar-refractivity contribution in [1.29, 1.82) is 0 Å². The van der Waals surface area contributed by atoms with Gasteiger partial charge in [0, 0.05) is 28.8 Å². The number of hydrogen-bond acceptors (Lipinski definition) is 9. The van der Waals surface area contributed by atoms with E-state index in [1.54, 1.807) is 0 Å². The largest absolute Gasteiger partial charge is 0.477 e. The van der Waals surface area contributed by atoms with Crippen LogP contribution in [-0.2, 0) is 31.0 Å². The van der Waals surface area contributed by atoms with E-state index in [0.717, 1.165) is 6.20 Å². The first-order chi connectivity index (χ1) is 16.4. The van der Waals surface area contributed by atoms with Gasteiger partial charge in [-0.25, -0.2) is 18.4 Å². The number of aliphatic carboxylic acids is 1. The Hall–Kier alpha value is -2.52. The number of carbonyl (C=O) groups is 3. The molecular weight excluding hydrogens is 498 g/mol. The number of thioether (sulfide) groups is 1. The predicted octanol–water partition coefficient (Wildman–Crippen LogP) is -1.04. The van der Waals surface area contributed by atoms with Crippen LogP contribution in [0.4, 0.5) is 0 Å². The van der Waals surface area contributed by atoms with E-state index in [0.29, 0.717) is 23.6 Å². The minimum Gasteiger partial charge on any atom is -0.477 e. The number of nitrogens with zero attached hydrogens (tertiary/aromatic N) is 2. The van der Waals surface area contributed by atoms with Gasteiger partial charge in [-0.3, -0.25) is 14.6 Å². The van der Waals surface area contributed by atoms with E-state index in [4.69, 9.17) is 5.14 Å². The first-order valence-corrected chi connectivity index (χ1v) is 13.5. The zero-order valence-electron chi connectivity index (χ0n) is 19.0. The number of sulfonamides is 1. The van der Waals surface area contributed by atoms with Gasteiger partial charge in [0.2, 0.25) is 21.8 Å². The van der Waals surface area contributed by atoms with E-state index in [9.17, 15) is 33.0 Å². The highest BCUT2D eigenvalue weighted by Crippen LogP contribution is 2.51. The summed E-state index contributed by atoms with van der Waals surface area (Å²) in [5, 5.41) is 30.6. The fourth-order valence-corrected chi connectivity index (χ4v) is 6.77. The average Bonchev–Trinajstić information content (AvgIpc) is 3.33. The fraction of sp³-hybridized carbons (Fsp3) is 0.524. The number of aliphatic hydroxyl groups is 1. The van der Waals surface area contributed by atoms with Crippen LogP contribution in [0.25, 0.3) is 0 Å². The highest BCUT2D eigenvalue weighted by atomic mass is 32.2. The van der Waals surface area contributed by atoms with Crippen LogP contribution in [0, 0.1) is 11.8 Å². The molecule has 4 rings (SSSR count). The van der Waals surface area contributed by atoms with Crippen LogP contribution < -0.4 is 15.8 Å². The number of primary sulfonamides is 1. The second-order valence-electron chi connectivity index (χ2n) is 8.96. The van der Waals surface area contributed by atoms with Crippen molar-refractivity contribution in [3.8, 4) is 0 Å². The summed E-state index contributed by atoms with van der Waals surface area (Å²) < 4.78 is 22.6. The van der Waals surface area contributed by atoms with Crippen LogP contribution >= 0.6 is 11.8 Å².